The number of piperidine rings is 1. The summed E-state index contributed by atoms with van der Waals surface area (Å²) in [5, 5.41) is 0.390. The van der Waals surface area contributed by atoms with Crippen LogP contribution in [0.1, 0.15) is 19.3 Å². The number of ether oxygens (including phenoxy) is 1. The van der Waals surface area contributed by atoms with Crippen LogP contribution in [0.15, 0.2) is 35.4 Å². The number of likely N-dealkylation sites (tertiary alicyclic amines) is 1. The molecule has 9 heteroatoms. The van der Waals surface area contributed by atoms with Crippen molar-refractivity contribution in [3.05, 3.63) is 40.9 Å². The minimum atomic E-state index is -0.741. The number of nitrogens with zero attached hydrogens (tertiary/aromatic N) is 3. The Balaban J connectivity index is 1.61. The summed E-state index contributed by atoms with van der Waals surface area (Å²) in [6.07, 6.45) is 3.35. The van der Waals surface area contributed by atoms with Gasteiger partial charge in [-0.1, -0.05) is 12.1 Å². The van der Waals surface area contributed by atoms with E-state index in [1.807, 2.05) is 0 Å². The Morgan fingerprint density at radius 1 is 1.22 bits per heavy atom. The van der Waals surface area contributed by atoms with Crippen LogP contribution < -0.4 is 11.3 Å². The molecule has 27 heavy (non-hydrogen) atoms. The summed E-state index contributed by atoms with van der Waals surface area (Å²) in [6.45, 7) is -0.459. The van der Waals surface area contributed by atoms with E-state index in [2.05, 4.69) is 4.98 Å². The average Bonchev–Trinajstić information content (AvgIpc) is 2.68. The Hall–Kier alpha value is -3.23. The third kappa shape index (κ3) is 4.13. The Morgan fingerprint density at radius 3 is 2.78 bits per heavy atom. The zero-order valence-corrected chi connectivity index (χ0v) is 14.7. The van der Waals surface area contributed by atoms with Gasteiger partial charge >= 0.3 is 5.97 Å². The summed E-state index contributed by atoms with van der Waals surface area (Å²) < 4.78 is 6.11. The predicted molar refractivity (Wildman–Crippen MR) is 95.5 cm³/mol. The molecule has 0 radical (unpaired) electrons. The summed E-state index contributed by atoms with van der Waals surface area (Å²) in [5.74, 6) is -1.78. The Bertz CT molecular complexity index is 939. The number of hydrogen-bond acceptors (Lipinski definition) is 6. The van der Waals surface area contributed by atoms with Crippen molar-refractivity contribution in [1.82, 2.24) is 14.5 Å². The molecule has 1 saturated heterocycles. The molecule has 0 unspecified atom stereocenters. The highest BCUT2D eigenvalue weighted by atomic mass is 16.5. The lowest BCUT2D eigenvalue weighted by Crippen LogP contribution is -2.51. The van der Waals surface area contributed by atoms with Crippen LogP contribution >= 0.6 is 0 Å². The van der Waals surface area contributed by atoms with E-state index in [-0.39, 0.29) is 12.1 Å². The number of aromatic nitrogens is 2. The zero-order chi connectivity index (χ0) is 19.4. The Morgan fingerprint density at radius 2 is 2.00 bits per heavy atom. The molecule has 0 aliphatic carbocycles. The molecule has 1 aromatic carbocycles. The number of primary amides is 1. The second-order valence-electron chi connectivity index (χ2n) is 6.36. The standard InChI is InChI=1S/C18H20N4O5/c19-17(25)14-7-3-4-8-22(14)15(23)10-27-16(24)9-21-11-20-13-6-2-1-5-12(13)18(21)26/h1-2,5-6,11,14H,3-4,7-10H2,(H2,19,25)/t14-/m0/s1. The fourth-order valence-electron chi connectivity index (χ4n) is 3.15. The summed E-state index contributed by atoms with van der Waals surface area (Å²) in [6, 6.07) is 6.12. The van der Waals surface area contributed by atoms with Crippen molar-refractivity contribution < 1.29 is 19.1 Å². The first-order valence-electron chi connectivity index (χ1n) is 8.66. The number of benzene rings is 1. The van der Waals surface area contributed by atoms with Crippen molar-refractivity contribution in [2.75, 3.05) is 13.2 Å². The van der Waals surface area contributed by atoms with Crippen LogP contribution in [-0.2, 0) is 25.7 Å². The van der Waals surface area contributed by atoms with Crippen LogP contribution in [-0.4, -0.2) is 51.4 Å². The molecule has 0 spiro atoms. The maximum absolute atomic E-state index is 12.4. The van der Waals surface area contributed by atoms with Gasteiger partial charge in [-0.25, -0.2) is 4.98 Å². The van der Waals surface area contributed by atoms with E-state index in [1.165, 1.54) is 11.2 Å². The molecule has 142 valence electrons. The van der Waals surface area contributed by atoms with Gasteiger partial charge in [0.25, 0.3) is 11.5 Å². The first-order chi connectivity index (χ1) is 13.0. The van der Waals surface area contributed by atoms with Crippen molar-refractivity contribution in [3.63, 3.8) is 0 Å². The summed E-state index contributed by atoms with van der Waals surface area (Å²) in [5.41, 5.74) is 5.50. The normalized spacial score (nSPS) is 16.9. The van der Waals surface area contributed by atoms with Gasteiger partial charge < -0.3 is 15.4 Å². The highest BCUT2D eigenvalue weighted by Gasteiger charge is 2.30. The van der Waals surface area contributed by atoms with Gasteiger partial charge in [-0.15, -0.1) is 0 Å². The van der Waals surface area contributed by atoms with Crippen molar-refractivity contribution in [2.24, 2.45) is 5.73 Å². The number of para-hydroxylation sites is 1. The van der Waals surface area contributed by atoms with Crippen molar-refractivity contribution in [3.8, 4) is 0 Å². The van der Waals surface area contributed by atoms with E-state index in [4.69, 9.17) is 10.5 Å². The smallest absolute Gasteiger partial charge is 0.326 e. The molecule has 2 N–H and O–H groups in total. The molecule has 2 amide bonds. The SMILES string of the molecule is NC(=O)[C@@H]1CCCCN1C(=O)COC(=O)Cn1cnc2ccccc2c1=O. The van der Waals surface area contributed by atoms with E-state index in [0.717, 1.165) is 17.4 Å². The van der Waals surface area contributed by atoms with Gasteiger partial charge in [0.2, 0.25) is 5.91 Å². The number of esters is 1. The number of carbonyl (C=O) groups excluding carboxylic acids is 3. The van der Waals surface area contributed by atoms with Crippen LogP contribution in [0.25, 0.3) is 10.9 Å². The first-order valence-corrected chi connectivity index (χ1v) is 8.66. The van der Waals surface area contributed by atoms with E-state index >= 15 is 0 Å². The molecular formula is C18H20N4O5. The molecule has 9 nitrogen and oxygen atoms in total. The quantitative estimate of drug-likeness (QED) is 0.725. The van der Waals surface area contributed by atoms with Gasteiger partial charge in [-0.05, 0) is 31.4 Å². The van der Waals surface area contributed by atoms with E-state index in [1.54, 1.807) is 24.3 Å². The second kappa shape index (κ2) is 7.98. The Kier molecular flexibility index (Phi) is 5.49. The topological polar surface area (TPSA) is 125 Å². The Labute approximate surface area is 154 Å². The zero-order valence-electron chi connectivity index (χ0n) is 14.7. The minimum Gasteiger partial charge on any atom is -0.454 e. The average molecular weight is 372 g/mol. The summed E-state index contributed by atoms with van der Waals surface area (Å²) in [4.78, 5) is 53.6. The van der Waals surface area contributed by atoms with E-state index < -0.39 is 30.4 Å². The first kappa shape index (κ1) is 18.6. The molecular weight excluding hydrogens is 352 g/mol. The van der Waals surface area contributed by atoms with Gasteiger partial charge in [0.1, 0.15) is 12.6 Å². The molecule has 2 heterocycles. The molecule has 1 atom stereocenters. The highest BCUT2D eigenvalue weighted by molar-refractivity contribution is 5.88. The van der Waals surface area contributed by atoms with Gasteiger partial charge in [0.15, 0.2) is 6.61 Å². The number of nitrogens with two attached hydrogens (primary N) is 1. The maximum atomic E-state index is 12.4. The van der Waals surface area contributed by atoms with Crippen LogP contribution in [0.2, 0.25) is 0 Å². The van der Waals surface area contributed by atoms with Gasteiger partial charge in [-0.3, -0.25) is 23.7 Å². The van der Waals surface area contributed by atoms with Gasteiger partial charge in [-0.2, -0.15) is 0 Å². The largest absolute Gasteiger partial charge is 0.454 e. The van der Waals surface area contributed by atoms with E-state index in [9.17, 15) is 19.2 Å². The fraction of sp³-hybridized carbons (Fsp3) is 0.389. The van der Waals surface area contributed by atoms with Crippen LogP contribution in [0, 0.1) is 0 Å². The second-order valence-corrected chi connectivity index (χ2v) is 6.36. The lowest BCUT2D eigenvalue weighted by Gasteiger charge is -2.33. The number of amides is 2. The van der Waals surface area contributed by atoms with Gasteiger partial charge in [0.05, 0.1) is 17.2 Å². The molecule has 2 aromatic rings. The molecule has 3 rings (SSSR count). The summed E-state index contributed by atoms with van der Waals surface area (Å²) in [7, 11) is 0. The monoisotopic (exact) mass is 372 g/mol. The van der Waals surface area contributed by atoms with Crippen molar-refractivity contribution in [2.45, 2.75) is 31.8 Å². The highest BCUT2D eigenvalue weighted by Crippen LogP contribution is 2.17. The molecule has 1 aliphatic heterocycles. The molecule has 1 aliphatic rings. The lowest BCUT2D eigenvalue weighted by atomic mass is 10.0. The third-order valence-electron chi connectivity index (χ3n) is 4.54. The molecule has 0 saturated carbocycles. The molecule has 0 bridgehead atoms. The van der Waals surface area contributed by atoms with Crippen molar-refractivity contribution >= 4 is 28.7 Å². The maximum Gasteiger partial charge on any atom is 0.326 e. The molecule has 1 aromatic heterocycles. The predicted octanol–water partition coefficient (Wildman–Crippen LogP) is -0.194. The number of fused-ring (bicyclic) bond motifs is 1. The van der Waals surface area contributed by atoms with E-state index in [0.29, 0.717) is 23.9 Å². The fourth-order valence-corrected chi connectivity index (χ4v) is 3.15. The van der Waals surface area contributed by atoms with Gasteiger partial charge in [0, 0.05) is 6.54 Å². The number of hydrogen-bond donors (Lipinski definition) is 1. The minimum absolute atomic E-state index is 0.358. The van der Waals surface area contributed by atoms with Crippen LogP contribution in [0.5, 0.6) is 0 Å². The lowest BCUT2D eigenvalue weighted by molar-refractivity contribution is -0.155. The third-order valence-corrected chi connectivity index (χ3v) is 4.54. The van der Waals surface area contributed by atoms with Crippen LogP contribution in [0.3, 0.4) is 0 Å². The number of rotatable bonds is 5. The molecule has 1 fully saturated rings. The van der Waals surface area contributed by atoms with Crippen LogP contribution in [0.4, 0.5) is 0 Å². The summed E-state index contributed by atoms with van der Waals surface area (Å²) >= 11 is 0. The number of carbonyl (C=O) groups is 3. The van der Waals surface area contributed by atoms with Crippen molar-refractivity contribution in [1.29, 1.82) is 0 Å².